The second kappa shape index (κ2) is 11.7. The van der Waals surface area contributed by atoms with Crippen LogP contribution in [0.2, 0.25) is 0 Å². The van der Waals surface area contributed by atoms with Gasteiger partial charge in [-0.15, -0.1) is 6.58 Å². The molecule has 1 heterocycles. The van der Waals surface area contributed by atoms with Gasteiger partial charge in [0.25, 0.3) is 5.91 Å². The van der Waals surface area contributed by atoms with Crippen molar-refractivity contribution in [1.29, 1.82) is 0 Å². The number of carbonyl (C=O) groups excluding carboxylic acids is 1. The summed E-state index contributed by atoms with van der Waals surface area (Å²) in [7, 11) is 0. The number of ether oxygens (including phenoxy) is 3. The fourth-order valence-electron chi connectivity index (χ4n) is 2.81. The molecule has 0 radical (unpaired) electrons. The predicted molar refractivity (Wildman–Crippen MR) is 130 cm³/mol. The maximum absolute atomic E-state index is 12.4. The van der Waals surface area contributed by atoms with Gasteiger partial charge in [0, 0.05) is 6.54 Å². The molecule has 0 atom stereocenters. The molecule has 0 saturated carbocycles. The summed E-state index contributed by atoms with van der Waals surface area (Å²) in [6.45, 7) is 7.99. The first-order chi connectivity index (χ1) is 15.1. The van der Waals surface area contributed by atoms with Gasteiger partial charge in [0.05, 0.1) is 18.1 Å². The Labute approximate surface area is 192 Å². The molecule has 0 spiro atoms. The van der Waals surface area contributed by atoms with Crippen molar-refractivity contribution in [2.45, 2.75) is 6.92 Å². The van der Waals surface area contributed by atoms with Gasteiger partial charge in [-0.05, 0) is 42.8 Å². The molecule has 31 heavy (non-hydrogen) atoms. The van der Waals surface area contributed by atoms with Crippen molar-refractivity contribution in [3.63, 3.8) is 0 Å². The summed E-state index contributed by atoms with van der Waals surface area (Å²) < 4.78 is 17.5. The average molecular weight is 456 g/mol. The minimum absolute atomic E-state index is 0.0949. The highest BCUT2D eigenvalue weighted by Gasteiger charge is 2.30. The summed E-state index contributed by atoms with van der Waals surface area (Å²) in [6, 6.07) is 15.5. The van der Waals surface area contributed by atoms with Crippen molar-refractivity contribution in [1.82, 2.24) is 4.90 Å². The number of carbonyl (C=O) groups is 1. The second-order valence-electron chi connectivity index (χ2n) is 6.78. The molecule has 162 valence electrons. The van der Waals surface area contributed by atoms with E-state index < -0.39 is 0 Å². The minimum atomic E-state index is -0.0949. The third-order valence-electron chi connectivity index (χ3n) is 4.35. The zero-order chi connectivity index (χ0) is 22.1. The SMILES string of the molecule is C=CCN1C(=O)/C(=C/c2cccc(OCCOCCOc3ccc(C)cc3)c2)SC1=S. The number of thiocarbonyl (C=S) groups is 1. The van der Waals surface area contributed by atoms with Crippen LogP contribution in [-0.4, -0.2) is 48.1 Å². The molecule has 7 heteroatoms. The number of aryl methyl sites for hydroxylation is 1. The summed E-state index contributed by atoms with van der Waals surface area (Å²) in [5.74, 6) is 1.46. The molecule has 5 nitrogen and oxygen atoms in total. The molecule has 0 bridgehead atoms. The highest BCUT2D eigenvalue weighted by atomic mass is 32.2. The van der Waals surface area contributed by atoms with Gasteiger partial charge in [-0.1, -0.05) is 59.9 Å². The fourth-order valence-corrected chi connectivity index (χ4v) is 4.08. The first kappa shape index (κ1) is 23.1. The summed E-state index contributed by atoms with van der Waals surface area (Å²) >= 11 is 6.57. The minimum Gasteiger partial charge on any atom is -0.491 e. The van der Waals surface area contributed by atoms with Gasteiger partial charge in [0.15, 0.2) is 0 Å². The Morgan fingerprint density at radius 1 is 1.03 bits per heavy atom. The summed E-state index contributed by atoms with van der Waals surface area (Å²) in [6.07, 6.45) is 3.49. The Morgan fingerprint density at radius 3 is 2.45 bits per heavy atom. The normalized spacial score (nSPS) is 14.9. The third kappa shape index (κ3) is 6.95. The molecule has 1 amide bonds. The van der Waals surface area contributed by atoms with Crippen molar-refractivity contribution in [3.05, 3.63) is 77.2 Å². The van der Waals surface area contributed by atoms with E-state index in [4.69, 9.17) is 26.4 Å². The Bertz CT molecular complexity index is 956. The quantitative estimate of drug-likeness (QED) is 0.209. The lowest BCUT2D eigenvalue weighted by molar-refractivity contribution is -0.121. The molecule has 1 aliphatic rings. The molecular formula is C24H25NO4S2. The topological polar surface area (TPSA) is 48.0 Å². The van der Waals surface area contributed by atoms with Crippen LogP contribution >= 0.6 is 24.0 Å². The lowest BCUT2D eigenvalue weighted by Crippen LogP contribution is -2.27. The summed E-state index contributed by atoms with van der Waals surface area (Å²) in [4.78, 5) is 14.6. The van der Waals surface area contributed by atoms with Crippen molar-refractivity contribution in [2.75, 3.05) is 33.0 Å². The van der Waals surface area contributed by atoms with E-state index in [1.165, 1.54) is 17.3 Å². The Balaban J connectivity index is 1.40. The van der Waals surface area contributed by atoms with Gasteiger partial charge in [-0.2, -0.15) is 0 Å². The van der Waals surface area contributed by atoms with Crippen LogP contribution in [0.5, 0.6) is 11.5 Å². The first-order valence-corrected chi connectivity index (χ1v) is 11.2. The van der Waals surface area contributed by atoms with E-state index in [9.17, 15) is 4.79 Å². The van der Waals surface area contributed by atoms with Gasteiger partial charge in [0.2, 0.25) is 0 Å². The molecule has 3 rings (SSSR count). The fraction of sp³-hybridized carbons (Fsp3) is 0.250. The van der Waals surface area contributed by atoms with Crippen LogP contribution in [0.15, 0.2) is 66.1 Å². The van der Waals surface area contributed by atoms with Gasteiger partial charge < -0.3 is 14.2 Å². The second-order valence-corrected chi connectivity index (χ2v) is 8.45. The molecule has 2 aromatic carbocycles. The molecule has 0 N–H and O–H groups in total. The smallest absolute Gasteiger partial charge is 0.266 e. The van der Waals surface area contributed by atoms with Crippen LogP contribution in [0.4, 0.5) is 0 Å². The van der Waals surface area contributed by atoms with Crippen LogP contribution in [0.1, 0.15) is 11.1 Å². The van der Waals surface area contributed by atoms with E-state index in [1.54, 1.807) is 11.0 Å². The molecule has 2 aromatic rings. The maximum atomic E-state index is 12.4. The van der Waals surface area contributed by atoms with Crippen molar-refractivity contribution < 1.29 is 19.0 Å². The molecule has 1 aliphatic heterocycles. The van der Waals surface area contributed by atoms with Crippen LogP contribution in [0, 0.1) is 6.92 Å². The number of hydrogen-bond acceptors (Lipinski definition) is 6. The van der Waals surface area contributed by atoms with E-state index in [2.05, 4.69) is 6.58 Å². The number of nitrogens with zero attached hydrogens (tertiary/aromatic N) is 1. The van der Waals surface area contributed by atoms with Gasteiger partial charge in [-0.25, -0.2) is 0 Å². The number of hydrogen-bond donors (Lipinski definition) is 0. The van der Waals surface area contributed by atoms with Crippen molar-refractivity contribution in [3.8, 4) is 11.5 Å². The van der Waals surface area contributed by atoms with Crippen LogP contribution in [0.3, 0.4) is 0 Å². The Hall–Kier alpha value is -2.61. The molecule has 0 unspecified atom stereocenters. The summed E-state index contributed by atoms with van der Waals surface area (Å²) in [5.41, 5.74) is 2.08. The molecule has 0 aliphatic carbocycles. The zero-order valence-electron chi connectivity index (χ0n) is 17.4. The van der Waals surface area contributed by atoms with E-state index in [-0.39, 0.29) is 5.91 Å². The third-order valence-corrected chi connectivity index (χ3v) is 5.73. The number of benzene rings is 2. The number of amides is 1. The first-order valence-electron chi connectivity index (χ1n) is 9.93. The average Bonchev–Trinajstić information content (AvgIpc) is 3.02. The van der Waals surface area contributed by atoms with E-state index in [0.717, 1.165) is 17.1 Å². The van der Waals surface area contributed by atoms with Crippen LogP contribution in [0.25, 0.3) is 6.08 Å². The Morgan fingerprint density at radius 2 is 1.74 bits per heavy atom. The Kier molecular flexibility index (Phi) is 8.70. The highest BCUT2D eigenvalue weighted by molar-refractivity contribution is 8.26. The number of thioether (sulfide) groups is 1. The molecule has 1 fully saturated rings. The summed E-state index contributed by atoms with van der Waals surface area (Å²) in [5, 5.41) is 0. The lowest BCUT2D eigenvalue weighted by atomic mass is 10.2. The molecule has 0 aromatic heterocycles. The number of rotatable bonds is 11. The van der Waals surface area contributed by atoms with Crippen LogP contribution in [-0.2, 0) is 9.53 Å². The lowest BCUT2D eigenvalue weighted by Gasteiger charge is -2.10. The molecule has 1 saturated heterocycles. The van der Waals surface area contributed by atoms with Crippen LogP contribution < -0.4 is 9.47 Å². The van der Waals surface area contributed by atoms with Gasteiger partial charge >= 0.3 is 0 Å². The van der Waals surface area contributed by atoms with Gasteiger partial charge in [-0.3, -0.25) is 9.69 Å². The highest BCUT2D eigenvalue weighted by Crippen LogP contribution is 2.32. The predicted octanol–water partition coefficient (Wildman–Crippen LogP) is 4.86. The largest absolute Gasteiger partial charge is 0.491 e. The van der Waals surface area contributed by atoms with E-state index >= 15 is 0 Å². The van der Waals surface area contributed by atoms with Crippen molar-refractivity contribution in [2.24, 2.45) is 0 Å². The standard InChI is InChI=1S/C24H25NO4S2/c1-3-11-25-23(26)22(31-24(25)30)17-19-5-4-6-21(16-19)29-15-13-27-12-14-28-20-9-7-18(2)8-10-20/h3-10,16-17H,1,11-15H2,2H3/b22-17-. The maximum Gasteiger partial charge on any atom is 0.266 e. The zero-order valence-corrected chi connectivity index (χ0v) is 19.0. The molecular weight excluding hydrogens is 430 g/mol. The van der Waals surface area contributed by atoms with E-state index in [1.807, 2.05) is 61.5 Å². The monoisotopic (exact) mass is 455 g/mol. The van der Waals surface area contributed by atoms with Crippen molar-refractivity contribution >= 4 is 40.3 Å². The van der Waals surface area contributed by atoms with Gasteiger partial charge in [0.1, 0.15) is 29.0 Å². The van der Waals surface area contributed by atoms with E-state index in [0.29, 0.717) is 42.2 Å².